The molecule has 1 N–H and O–H groups in total. The largest absolute Gasteiger partial charge is 0.496 e. The zero-order chi connectivity index (χ0) is 14.5. The van der Waals surface area contributed by atoms with Gasteiger partial charge in [-0.25, -0.2) is 0 Å². The third-order valence-corrected chi connectivity index (χ3v) is 3.51. The van der Waals surface area contributed by atoms with E-state index in [9.17, 15) is 0 Å². The van der Waals surface area contributed by atoms with Crippen molar-refractivity contribution in [3.05, 3.63) is 53.1 Å². The Morgan fingerprint density at radius 2 is 1.85 bits per heavy atom. The zero-order valence-electron chi connectivity index (χ0n) is 12.1. The molecule has 20 heavy (non-hydrogen) atoms. The molecule has 0 aromatic heterocycles. The Hall–Kier alpha value is -1.51. The molecule has 0 aliphatic rings. The minimum absolute atomic E-state index is 0.431. The third-order valence-electron chi connectivity index (χ3n) is 3.18. The highest BCUT2D eigenvalue weighted by atomic mass is 35.5. The van der Waals surface area contributed by atoms with E-state index in [1.54, 1.807) is 7.11 Å². The Bertz CT molecular complexity index is 581. The van der Waals surface area contributed by atoms with E-state index in [4.69, 9.17) is 16.3 Å². The van der Waals surface area contributed by atoms with Gasteiger partial charge in [0.05, 0.1) is 7.11 Å². The lowest BCUT2D eigenvalue weighted by atomic mass is 9.98. The summed E-state index contributed by atoms with van der Waals surface area (Å²) < 4.78 is 5.52. The van der Waals surface area contributed by atoms with Crippen LogP contribution in [0.4, 0.5) is 0 Å². The molecule has 0 saturated carbocycles. The molecule has 0 atom stereocenters. The summed E-state index contributed by atoms with van der Waals surface area (Å²) in [5.74, 6) is 0.848. The van der Waals surface area contributed by atoms with E-state index in [1.807, 2.05) is 36.4 Å². The van der Waals surface area contributed by atoms with Crippen molar-refractivity contribution in [2.75, 3.05) is 7.11 Å². The van der Waals surface area contributed by atoms with Gasteiger partial charge in [0.15, 0.2) is 0 Å². The maximum atomic E-state index is 6.35. The smallest absolute Gasteiger partial charge is 0.127 e. The fourth-order valence-electron chi connectivity index (χ4n) is 2.18. The molecule has 0 heterocycles. The summed E-state index contributed by atoms with van der Waals surface area (Å²) in [6, 6.07) is 14.4. The first-order valence-corrected chi connectivity index (χ1v) is 7.15. The van der Waals surface area contributed by atoms with Gasteiger partial charge >= 0.3 is 0 Å². The first kappa shape index (κ1) is 14.9. The minimum Gasteiger partial charge on any atom is -0.496 e. The highest BCUT2D eigenvalue weighted by Crippen LogP contribution is 2.37. The number of ether oxygens (including phenoxy) is 1. The number of halogens is 1. The van der Waals surface area contributed by atoms with E-state index < -0.39 is 0 Å². The van der Waals surface area contributed by atoms with Crippen LogP contribution in [0.5, 0.6) is 5.75 Å². The second kappa shape index (κ2) is 6.78. The molecule has 0 aliphatic heterocycles. The van der Waals surface area contributed by atoms with Gasteiger partial charge in [0.1, 0.15) is 5.75 Å². The topological polar surface area (TPSA) is 21.3 Å². The van der Waals surface area contributed by atoms with E-state index in [2.05, 4.69) is 25.2 Å². The first-order valence-electron chi connectivity index (χ1n) is 6.77. The van der Waals surface area contributed by atoms with Crippen molar-refractivity contribution >= 4 is 11.6 Å². The molecule has 0 bridgehead atoms. The minimum atomic E-state index is 0.431. The molecule has 106 valence electrons. The van der Waals surface area contributed by atoms with Crippen LogP contribution in [0.1, 0.15) is 19.4 Å². The van der Waals surface area contributed by atoms with Gasteiger partial charge in [-0.15, -0.1) is 0 Å². The quantitative estimate of drug-likeness (QED) is 0.874. The molecular weight excluding hydrogens is 270 g/mol. The van der Waals surface area contributed by atoms with Crippen molar-refractivity contribution in [1.82, 2.24) is 5.32 Å². The van der Waals surface area contributed by atoms with Crippen molar-refractivity contribution in [1.29, 1.82) is 0 Å². The van der Waals surface area contributed by atoms with Gasteiger partial charge in [-0.2, -0.15) is 0 Å². The summed E-state index contributed by atoms with van der Waals surface area (Å²) in [7, 11) is 1.69. The normalized spacial score (nSPS) is 10.8. The first-order chi connectivity index (χ1) is 9.63. The van der Waals surface area contributed by atoms with Crippen LogP contribution < -0.4 is 10.1 Å². The maximum absolute atomic E-state index is 6.35. The summed E-state index contributed by atoms with van der Waals surface area (Å²) in [6.45, 7) is 5.06. The molecule has 0 radical (unpaired) electrons. The van der Waals surface area contributed by atoms with Gasteiger partial charge in [-0.1, -0.05) is 55.8 Å². The molecule has 2 aromatic carbocycles. The van der Waals surface area contributed by atoms with Crippen molar-refractivity contribution in [3.8, 4) is 16.9 Å². The van der Waals surface area contributed by atoms with Gasteiger partial charge in [0.2, 0.25) is 0 Å². The third kappa shape index (κ3) is 3.33. The highest BCUT2D eigenvalue weighted by molar-refractivity contribution is 6.33. The summed E-state index contributed by atoms with van der Waals surface area (Å²) in [5, 5.41) is 4.18. The lowest BCUT2D eigenvalue weighted by molar-refractivity contribution is 0.415. The molecule has 2 aromatic rings. The molecule has 0 aliphatic carbocycles. The number of rotatable bonds is 5. The van der Waals surface area contributed by atoms with Crippen molar-refractivity contribution in [2.45, 2.75) is 26.4 Å². The van der Waals surface area contributed by atoms with Crippen LogP contribution in [-0.4, -0.2) is 13.2 Å². The van der Waals surface area contributed by atoms with Crippen LogP contribution >= 0.6 is 11.6 Å². The van der Waals surface area contributed by atoms with E-state index in [-0.39, 0.29) is 0 Å². The Kier molecular flexibility index (Phi) is 5.05. The van der Waals surface area contributed by atoms with E-state index in [0.29, 0.717) is 6.04 Å². The number of hydrogen-bond donors (Lipinski definition) is 1. The summed E-state index contributed by atoms with van der Waals surface area (Å²) in [5.41, 5.74) is 3.26. The highest BCUT2D eigenvalue weighted by Gasteiger charge is 2.14. The van der Waals surface area contributed by atoms with E-state index >= 15 is 0 Å². The second-order valence-corrected chi connectivity index (χ2v) is 5.42. The van der Waals surface area contributed by atoms with E-state index in [0.717, 1.165) is 28.4 Å². The molecule has 0 amide bonds. The lowest BCUT2D eigenvalue weighted by Gasteiger charge is -2.17. The fraction of sp³-hybridized carbons (Fsp3) is 0.294. The molecule has 0 unspecified atom stereocenters. The number of methoxy groups -OCH3 is 1. The van der Waals surface area contributed by atoms with E-state index in [1.165, 1.54) is 5.56 Å². The van der Waals surface area contributed by atoms with Gasteiger partial charge in [0.25, 0.3) is 0 Å². The summed E-state index contributed by atoms with van der Waals surface area (Å²) in [4.78, 5) is 0. The number of hydrogen-bond acceptors (Lipinski definition) is 2. The predicted octanol–water partition coefficient (Wildman–Crippen LogP) is 4.51. The predicted molar refractivity (Wildman–Crippen MR) is 85.4 cm³/mol. The maximum Gasteiger partial charge on any atom is 0.127 e. The molecule has 3 heteroatoms. The average molecular weight is 290 g/mol. The van der Waals surface area contributed by atoms with Crippen molar-refractivity contribution in [2.24, 2.45) is 0 Å². The van der Waals surface area contributed by atoms with Crippen molar-refractivity contribution < 1.29 is 4.74 Å². The number of nitrogens with one attached hydrogen (secondary N) is 1. The van der Waals surface area contributed by atoms with Crippen LogP contribution in [0.25, 0.3) is 11.1 Å². The molecule has 0 spiro atoms. The Labute approximate surface area is 125 Å². The average Bonchev–Trinajstić information content (AvgIpc) is 2.45. The summed E-state index contributed by atoms with van der Waals surface area (Å²) in [6.07, 6.45) is 0. The SMILES string of the molecule is COc1cccc(CNC(C)C)c1-c1ccccc1Cl. The standard InChI is InChI=1S/C17H20ClNO/c1-12(2)19-11-13-7-6-10-16(20-3)17(13)14-8-4-5-9-15(14)18/h4-10,12,19H,11H2,1-3H3. The van der Waals surface area contributed by atoms with Crippen LogP contribution in [0.15, 0.2) is 42.5 Å². The van der Waals surface area contributed by atoms with Gasteiger partial charge in [0, 0.05) is 28.7 Å². The van der Waals surface area contributed by atoms with Gasteiger partial charge < -0.3 is 10.1 Å². The van der Waals surface area contributed by atoms with Crippen LogP contribution in [0.3, 0.4) is 0 Å². The van der Waals surface area contributed by atoms with Crippen molar-refractivity contribution in [3.63, 3.8) is 0 Å². The molecule has 0 saturated heterocycles. The molecular formula is C17H20ClNO. The summed E-state index contributed by atoms with van der Waals surface area (Å²) >= 11 is 6.35. The number of benzene rings is 2. The van der Waals surface area contributed by atoms with Crippen LogP contribution in [0.2, 0.25) is 5.02 Å². The Balaban J connectivity index is 2.51. The van der Waals surface area contributed by atoms with Crippen LogP contribution in [0, 0.1) is 0 Å². The lowest BCUT2D eigenvalue weighted by Crippen LogP contribution is -2.22. The monoisotopic (exact) mass is 289 g/mol. The zero-order valence-corrected chi connectivity index (χ0v) is 12.9. The molecule has 2 rings (SSSR count). The Morgan fingerprint density at radius 1 is 1.10 bits per heavy atom. The second-order valence-electron chi connectivity index (χ2n) is 5.01. The fourth-order valence-corrected chi connectivity index (χ4v) is 2.41. The Morgan fingerprint density at radius 3 is 2.50 bits per heavy atom. The van der Waals surface area contributed by atoms with Gasteiger partial charge in [-0.3, -0.25) is 0 Å². The molecule has 2 nitrogen and oxygen atoms in total. The molecule has 0 fully saturated rings. The van der Waals surface area contributed by atoms with Gasteiger partial charge in [-0.05, 0) is 17.7 Å². The van der Waals surface area contributed by atoms with Crippen LogP contribution in [-0.2, 0) is 6.54 Å².